The van der Waals surface area contributed by atoms with Gasteiger partial charge in [0.15, 0.2) is 12.5 Å². The molecule has 0 aliphatic heterocycles. The van der Waals surface area contributed by atoms with Gasteiger partial charge in [0.25, 0.3) is 0 Å². The smallest absolute Gasteiger partial charge is 0.214 e. The molecule has 0 amide bonds. The lowest BCUT2D eigenvalue weighted by atomic mass is 10.1. The minimum absolute atomic E-state index is 0.0847. The third kappa shape index (κ3) is 3.72. The minimum Gasteiger partial charge on any atom is -0.481 e. The normalized spacial score (nSPS) is 9.32. The highest BCUT2D eigenvalue weighted by atomic mass is 16.7. The summed E-state index contributed by atoms with van der Waals surface area (Å²) in [6, 6.07) is 5.39. The number of aromatic nitrogens is 2. The quantitative estimate of drug-likeness (QED) is 0.631. The van der Waals surface area contributed by atoms with Gasteiger partial charge in [-0.2, -0.15) is 5.26 Å². The summed E-state index contributed by atoms with van der Waals surface area (Å²) in [4.78, 5) is 7.96. The van der Waals surface area contributed by atoms with Gasteiger partial charge < -0.3 is 14.2 Å². The molecule has 0 fully saturated rings. The fourth-order valence-electron chi connectivity index (χ4n) is 1.60. The predicted octanol–water partition coefficient (Wildman–Crippen LogP) is 1.74. The van der Waals surface area contributed by atoms with Crippen molar-refractivity contribution >= 4 is 0 Å². The zero-order chi connectivity index (χ0) is 15.8. The van der Waals surface area contributed by atoms with E-state index in [4.69, 9.17) is 19.5 Å². The Hall–Kier alpha value is -3.09. The number of hydrogen-bond donors (Lipinski definition) is 0. The van der Waals surface area contributed by atoms with Gasteiger partial charge in [0.2, 0.25) is 5.88 Å². The molecule has 6 heteroatoms. The zero-order valence-electron chi connectivity index (χ0n) is 12.2. The summed E-state index contributed by atoms with van der Waals surface area (Å²) < 4.78 is 15.4. The Labute approximate surface area is 128 Å². The predicted molar refractivity (Wildman–Crippen MR) is 78.2 cm³/mol. The minimum atomic E-state index is 0.0847. The van der Waals surface area contributed by atoms with E-state index in [0.29, 0.717) is 28.3 Å². The van der Waals surface area contributed by atoms with E-state index in [1.165, 1.54) is 26.6 Å². The molecule has 2 heterocycles. The maximum absolute atomic E-state index is 9.04. The van der Waals surface area contributed by atoms with Crippen LogP contribution in [-0.2, 0) is 4.74 Å². The standard InChI is InChI=1S/C16H13N3O3/c1-20-11-22-15-10-19-16(21-2)7-13(15)4-3-12-5-6-18-9-14(12)8-17/h5-7,9-10H,11H2,1-2H3. The first-order chi connectivity index (χ1) is 10.8. The van der Waals surface area contributed by atoms with Crippen molar-refractivity contribution in [2.24, 2.45) is 0 Å². The molecular weight excluding hydrogens is 282 g/mol. The molecule has 0 aliphatic rings. The number of ether oxygens (including phenoxy) is 3. The molecule has 0 unspecified atom stereocenters. The second-order valence-electron chi connectivity index (χ2n) is 4.06. The van der Waals surface area contributed by atoms with Gasteiger partial charge in [0.1, 0.15) is 6.07 Å². The summed E-state index contributed by atoms with van der Waals surface area (Å²) in [7, 11) is 3.05. The lowest BCUT2D eigenvalue weighted by Crippen LogP contribution is -2.01. The van der Waals surface area contributed by atoms with Crippen molar-refractivity contribution in [3.63, 3.8) is 0 Å². The van der Waals surface area contributed by atoms with Gasteiger partial charge in [-0.15, -0.1) is 0 Å². The van der Waals surface area contributed by atoms with Gasteiger partial charge in [-0.05, 0) is 6.07 Å². The third-order valence-electron chi connectivity index (χ3n) is 2.66. The Morgan fingerprint density at radius 1 is 1.14 bits per heavy atom. The van der Waals surface area contributed by atoms with Crippen LogP contribution in [-0.4, -0.2) is 31.0 Å². The second-order valence-corrected chi connectivity index (χ2v) is 4.06. The Bertz CT molecular complexity index is 757. The van der Waals surface area contributed by atoms with Gasteiger partial charge in [-0.1, -0.05) is 11.8 Å². The first-order valence-corrected chi connectivity index (χ1v) is 6.30. The van der Waals surface area contributed by atoms with Crippen molar-refractivity contribution < 1.29 is 14.2 Å². The fourth-order valence-corrected chi connectivity index (χ4v) is 1.60. The highest BCUT2D eigenvalue weighted by Gasteiger charge is 2.05. The molecule has 0 spiro atoms. The largest absolute Gasteiger partial charge is 0.481 e. The zero-order valence-corrected chi connectivity index (χ0v) is 12.2. The molecule has 0 saturated heterocycles. The number of pyridine rings is 2. The number of rotatable bonds is 4. The highest BCUT2D eigenvalue weighted by molar-refractivity contribution is 5.53. The average molecular weight is 295 g/mol. The summed E-state index contributed by atoms with van der Waals surface area (Å²) in [6.07, 6.45) is 4.57. The molecule has 2 aromatic heterocycles. The van der Waals surface area contributed by atoms with Crippen LogP contribution in [0, 0.1) is 23.2 Å². The highest BCUT2D eigenvalue weighted by Crippen LogP contribution is 2.21. The molecule has 22 heavy (non-hydrogen) atoms. The lowest BCUT2D eigenvalue weighted by molar-refractivity contribution is 0.0506. The van der Waals surface area contributed by atoms with E-state index in [-0.39, 0.29) is 6.79 Å². The van der Waals surface area contributed by atoms with Crippen molar-refractivity contribution in [2.75, 3.05) is 21.0 Å². The Morgan fingerprint density at radius 3 is 2.68 bits per heavy atom. The molecule has 0 N–H and O–H groups in total. The van der Waals surface area contributed by atoms with Gasteiger partial charge >= 0.3 is 0 Å². The topological polar surface area (TPSA) is 77.3 Å². The van der Waals surface area contributed by atoms with E-state index in [1.807, 2.05) is 0 Å². The van der Waals surface area contributed by atoms with Gasteiger partial charge in [-0.3, -0.25) is 4.98 Å². The van der Waals surface area contributed by atoms with E-state index in [0.717, 1.165) is 0 Å². The van der Waals surface area contributed by atoms with E-state index in [1.54, 1.807) is 18.3 Å². The van der Waals surface area contributed by atoms with Gasteiger partial charge in [-0.25, -0.2) is 4.98 Å². The van der Waals surface area contributed by atoms with Crippen LogP contribution in [0.4, 0.5) is 0 Å². The maximum atomic E-state index is 9.04. The van der Waals surface area contributed by atoms with Crippen molar-refractivity contribution in [3.05, 3.63) is 47.4 Å². The summed E-state index contributed by atoms with van der Waals surface area (Å²) in [6.45, 7) is 0.0847. The van der Waals surface area contributed by atoms with Gasteiger partial charge in [0, 0.05) is 31.1 Å². The molecule has 2 rings (SSSR count). The molecule has 110 valence electrons. The monoisotopic (exact) mass is 295 g/mol. The fraction of sp³-hybridized carbons (Fsp3) is 0.188. The first-order valence-electron chi connectivity index (χ1n) is 6.30. The van der Waals surface area contributed by atoms with Crippen molar-refractivity contribution in [2.45, 2.75) is 0 Å². The number of methoxy groups -OCH3 is 2. The lowest BCUT2D eigenvalue weighted by Gasteiger charge is -2.07. The van der Waals surface area contributed by atoms with Crippen LogP contribution in [0.1, 0.15) is 16.7 Å². The summed E-state index contributed by atoms with van der Waals surface area (Å²) in [5, 5.41) is 9.04. The summed E-state index contributed by atoms with van der Waals surface area (Å²) in [5.41, 5.74) is 1.59. The van der Waals surface area contributed by atoms with Crippen LogP contribution >= 0.6 is 0 Å². The second kappa shape index (κ2) is 7.63. The van der Waals surface area contributed by atoms with Crippen molar-refractivity contribution in [3.8, 4) is 29.5 Å². The molecule has 0 bridgehead atoms. The van der Waals surface area contributed by atoms with Crippen LogP contribution in [0.3, 0.4) is 0 Å². The van der Waals surface area contributed by atoms with E-state index in [2.05, 4.69) is 27.9 Å². The Morgan fingerprint density at radius 2 is 1.95 bits per heavy atom. The van der Waals surface area contributed by atoms with Crippen molar-refractivity contribution in [1.82, 2.24) is 9.97 Å². The Kier molecular flexibility index (Phi) is 5.31. The molecule has 0 radical (unpaired) electrons. The Balaban J connectivity index is 2.39. The van der Waals surface area contributed by atoms with E-state index < -0.39 is 0 Å². The SMILES string of the molecule is COCOc1cnc(OC)cc1C#Cc1ccncc1C#N. The number of nitriles is 1. The van der Waals surface area contributed by atoms with Gasteiger partial charge in [0.05, 0.1) is 24.4 Å². The molecular formula is C16H13N3O3. The molecule has 6 nitrogen and oxygen atoms in total. The molecule has 0 saturated carbocycles. The van der Waals surface area contributed by atoms with Crippen LogP contribution in [0.2, 0.25) is 0 Å². The number of nitrogens with zero attached hydrogens (tertiary/aromatic N) is 3. The van der Waals surface area contributed by atoms with E-state index in [9.17, 15) is 0 Å². The third-order valence-corrected chi connectivity index (χ3v) is 2.66. The van der Waals surface area contributed by atoms with Crippen LogP contribution in [0.5, 0.6) is 11.6 Å². The molecule has 0 aliphatic carbocycles. The van der Waals surface area contributed by atoms with Crippen LogP contribution in [0.15, 0.2) is 30.7 Å². The van der Waals surface area contributed by atoms with Crippen LogP contribution in [0.25, 0.3) is 0 Å². The van der Waals surface area contributed by atoms with Crippen molar-refractivity contribution in [1.29, 1.82) is 5.26 Å². The molecule has 2 aromatic rings. The summed E-state index contributed by atoms with van der Waals surface area (Å²) in [5.74, 6) is 6.79. The summed E-state index contributed by atoms with van der Waals surface area (Å²) >= 11 is 0. The maximum Gasteiger partial charge on any atom is 0.214 e. The van der Waals surface area contributed by atoms with E-state index >= 15 is 0 Å². The number of hydrogen-bond acceptors (Lipinski definition) is 6. The first kappa shape index (κ1) is 15.3. The molecule has 0 atom stereocenters. The average Bonchev–Trinajstić information content (AvgIpc) is 2.58. The molecule has 0 aromatic carbocycles. The van der Waals surface area contributed by atoms with Crippen LogP contribution < -0.4 is 9.47 Å².